The number of fused-ring (bicyclic) bond motifs is 2. The van der Waals surface area contributed by atoms with Crippen LogP contribution in [0, 0.1) is 17.8 Å². The van der Waals surface area contributed by atoms with Gasteiger partial charge in [0.2, 0.25) is 0 Å². The summed E-state index contributed by atoms with van der Waals surface area (Å²) in [4.78, 5) is 20.4. The first kappa shape index (κ1) is 22.4. The SMILES string of the molecule is CCCCCCC1CC2C(=O)C(c3nc4ccccc4s3)=COC2C(CN(C)C)C1O. The van der Waals surface area contributed by atoms with Crippen molar-refractivity contribution in [2.45, 2.75) is 57.7 Å². The summed E-state index contributed by atoms with van der Waals surface area (Å²) >= 11 is 1.54. The van der Waals surface area contributed by atoms with Crippen molar-refractivity contribution in [1.29, 1.82) is 0 Å². The molecule has 1 aliphatic heterocycles. The lowest BCUT2D eigenvalue weighted by molar-refractivity contribution is -0.140. The van der Waals surface area contributed by atoms with Crippen molar-refractivity contribution in [1.82, 2.24) is 9.88 Å². The molecule has 1 aromatic carbocycles. The number of Topliss-reactive ketones (excluding diaryl/α,β-unsaturated/α-hetero) is 1. The number of carbonyl (C=O) groups is 1. The highest BCUT2D eigenvalue weighted by molar-refractivity contribution is 7.19. The van der Waals surface area contributed by atoms with E-state index in [0.29, 0.717) is 18.5 Å². The maximum Gasteiger partial charge on any atom is 0.175 e. The predicted molar refractivity (Wildman–Crippen MR) is 126 cm³/mol. The minimum Gasteiger partial charge on any atom is -0.496 e. The Morgan fingerprint density at radius 3 is 2.77 bits per heavy atom. The van der Waals surface area contributed by atoms with Gasteiger partial charge in [0.1, 0.15) is 11.1 Å². The molecule has 31 heavy (non-hydrogen) atoms. The van der Waals surface area contributed by atoms with Crippen LogP contribution in [0.15, 0.2) is 30.5 Å². The quantitative estimate of drug-likeness (QED) is 0.598. The highest BCUT2D eigenvalue weighted by atomic mass is 32.1. The van der Waals surface area contributed by atoms with Crippen LogP contribution in [0.5, 0.6) is 0 Å². The fourth-order valence-corrected chi connectivity index (χ4v) is 6.17. The molecule has 0 spiro atoms. The average molecular weight is 443 g/mol. The number of aliphatic hydroxyl groups is 1. The highest BCUT2D eigenvalue weighted by Gasteiger charge is 2.50. The Kier molecular flexibility index (Phi) is 7.09. The van der Waals surface area contributed by atoms with Crippen LogP contribution in [0.25, 0.3) is 15.8 Å². The van der Waals surface area contributed by atoms with E-state index in [1.54, 1.807) is 17.6 Å². The average Bonchev–Trinajstić information content (AvgIpc) is 3.18. The molecule has 5 atom stereocenters. The predicted octanol–water partition coefficient (Wildman–Crippen LogP) is 4.75. The fourth-order valence-electron chi connectivity index (χ4n) is 5.20. The Bertz CT molecular complexity index is 905. The van der Waals surface area contributed by atoms with Gasteiger partial charge in [-0.3, -0.25) is 4.79 Å². The number of para-hydroxylation sites is 1. The first-order valence-electron chi connectivity index (χ1n) is 11.6. The summed E-state index contributed by atoms with van der Waals surface area (Å²) in [5.41, 5.74) is 1.50. The van der Waals surface area contributed by atoms with Crippen LogP contribution < -0.4 is 0 Å². The molecule has 1 fully saturated rings. The summed E-state index contributed by atoms with van der Waals surface area (Å²) in [5, 5.41) is 11.9. The monoisotopic (exact) mass is 442 g/mol. The molecule has 6 heteroatoms. The van der Waals surface area contributed by atoms with Crippen LogP contribution in [0.2, 0.25) is 0 Å². The van der Waals surface area contributed by atoms with E-state index in [9.17, 15) is 9.90 Å². The molecular weight excluding hydrogens is 408 g/mol. The number of hydrogen-bond acceptors (Lipinski definition) is 6. The second-order valence-electron chi connectivity index (χ2n) is 9.35. The first-order chi connectivity index (χ1) is 15.0. The van der Waals surface area contributed by atoms with Gasteiger partial charge in [0.25, 0.3) is 0 Å². The van der Waals surface area contributed by atoms with Crippen molar-refractivity contribution in [2.75, 3.05) is 20.6 Å². The van der Waals surface area contributed by atoms with E-state index in [1.807, 2.05) is 38.4 Å². The van der Waals surface area contributed by atoms with E-state index >= 15 is 0 Å². The molecule has 2 heterocycles. The number of hydrogen-bond donors (Lipinski definition) is 1. The number of aliphatic hydroxyl groups excluding tert-OH is 1. The number of aromatic nitrogens is 1. The zero-order valence-electron chi connectivity index (χ0n) is 18.8. The molecule has 0 saturated heterocycles. The number of unbranched alkanes of at least 4 members (excludes halogenated alkanes) is 3. The molecule has 4 rings (SSSR count). The molecule has 0 radical (unpaired) electrons. The van der Waals surface area contributed by atoms with Gasteiger partial charge in [0, 0.05) is 12.5 Å². The zero-order chi connectivity index (χ0) is 22.0. The fraction of sp³-hybridized carbons (Fsp3) is 0.600. The van der Waals surface area contributed by atoms with Crippen LogP contribution in [0.4, 0.5) is 0 Å². The van der Waals surface area contributed by atoms with E-state index in [-0.39, 0.29) is 29.6 Å². The number of rotatable bonds is 8. The van der Waals surface area contributed by atoms with E-state index in [0.717, 1.165) is 28.1 Å². The maximum absolute atomic E-state index is 13.6. The van der Waals surface area contributed by atoms with Gasteiger partial charge in [-0.15, -0.1) is 11.3 Å². The van der Waals surface area contributed by atoms with E-state index < -0.39 is 6.10 Å². The van der Waals surface area contributed by atoms with Gasteiger partial charge < -0.3 is 14.7 Å². The molecule has 2 aliphatic rings. The topological polar surface area (TPSA) is 62.7 Å². The van der Waals surface area contributed by atoms with Gasteiger partial charge in [-0.2, -0.15) is 0 Å². The highest BCUT2D eigenvalue weighted by Crippen LogP contribution is 2.44. The smallest absolute Gasteiger partial charge is 0.175 e. The van der Waals surface area contributed by atoms with E-state index in [4.69, 9.17) is 4.74 Å². The molecule has 1 saturated carbocycles. The van der Waals surface area contributed by atoms with Crippen molar-refractivity contribution in [3.63, 3.8) is 0 Å². The summed E-state index contributed by atoms with van der Waals surface area (Å²) in [7, 11) is 4.03. The molecule has 0 amide bonds. The molecule has 0 bridgehead atoms. The standard InChI is InChI=1S/C25H34N2O3S/c1-4-5-6-7-10-16-13-17-23(29)19(25-26-20-11-8-9-12-21(20)31-25)15-30-24(17)18(22(16)28)14-27(2)3/h8-9,11-12,15-18,22,24,28H,4-7,10,13-14H2,1-3H3. The number of nitrogens with zero attached hydrogens (tertiary/aromatic N) is 2. The first-order valence-corrected chi connectivity index (χ1v) is 12.4. The number of ether oxygens (including phenoxy) is 1. The summed E-state index contributed by atoms with van der Waals surface area (Å²) < 4.78 is 7.26. The molecule has 1 aliphatic carbocycles. The van der Waals surface area contributed by atoms with Gasteiger partial charge in [-0.1, -0.05) is 44.7 Å². The Balaban J connectivity index is 1.58. The molecule has 5 nitrogen and oxygen atoms in total. The maximum atomic E-state index is 13.6. The summed E-state index contributed by atoms with van der Waals surface area (Å²) in [5.74, 6) is -0.00609. The third kappa shape index (κ3) is 4.71. The lowest BCUT2D eigenvalue weighted by atomic mass is 9.66. The van der Waals surface area contributed by atoms with Gasteiger partial charge in [0.15, 0.2) is 5.78 Å². The number of ketones is 1. The third-order valence-electron chi connectivity index (χ3n) is 6.77. The Hall–Kier alpha value is -1.76. The lowest BCUT2D eigenvalue weighted by Crippen LogP contribution is -2.54. The van der Waals surface area contributed by atoms with Gasteiger partial charge in [0.05, 0.1) is 34.1 Å². The van der Waals surface area contributed by atoms with Crippen LogP contribution in [0.1, 0.15) is 50.5 Å². The van der Waals surface area contributed by atoms with Crippen LogP contribution in [0.3, 0.4) is 0 Å². The Labute approximate surface area is 189 Å². The second-order valence-corrected chi connectivity index (χ2v) is 10.4. The van der Waals surface area contributed by atoms with Crippen LogP contribution >= 0.6 is 11.3 Å². The van der Waals surface area contributed by atoms with Gasteiger partial charge >= 0.3 is 0 Å². The van der Waals surface area contributed by atoms with Gasteiger partial charge in [-0.25, -0.2) is 4.98 Å². The zero-order valence-corrected chi connectivity index (χ0v) is 19.6. The molecule has 1 N–H and O–H groups in total. The van der Waals surface area contributed by atoms with E-state index in [1.165, 1.54) is 19.3 Å². The number of allylic oxidation sites excluding steroid dienone is 1. The molecule has 168 valence electrons. The molecule has 2 aromatic rings. The second kappa shape index (κ2) is 9.80. The third-order valence-corrected chi connectivity index (χ3v) is 7.84. The Morgan fingerprint density at radius 2 is 2.03 bits per heavy atom. The van der Waals surface area contributed by atoms with E-state index in [2.05, 4.69) is 16.8 Å². The van der Waals surface area contributed by atoms with Crippen LogP contribution in [-0.4, -0.2) is 53.6 Å². The molecule has 1 aromatic heterocycles. The number of thiazole rings is 1. The van der Waals surface area contributed by atoms with Crippen molar-refractivity contribution in [3.8, 4) is 0 Å². The summed E-state index contributed by atoms with van der Waals surface area (Å²) in [6.07, 6.45) is 7.30. The van der Waals surface area contributed by atoms with Crippen molar-refractivity contribution in [3.05, 3.63) is 35.5 Å². The molecule has 5 unspecified atom stereocenters. The van der Waals surface area contributed by atoms with Crippen molar-refractivity contribution < 1.29 is 14.6 Å². The molecular formula is C25H34N2O3S. The minimum absolute atomic E-state index is 0.0676. The number of benzene rings is 1. The van der Waals surface area contributed by atoms with Crippen molar-refractivity contribution >= 4 is 32.9 Å². The van der Waals surface area contributed by atoms with Gasteiger partial charge in [-0.05, 0) is 45.0 Å². The normalized spacial score (nSPS) is 28.5. The summed E-state index contributed by atoms with van der Waals surface area (Å²) in [6, 6.07) is 7.96. The summed E-state index contributed by atoms with van der Waals surface area (Å²) in [6.45, 7) is 2.92. The van der Waals surface area contributed by atoms with Crippen molar-refractivity contribution in [2.24, 2.45) is 17.8 Å². The largest absolute Gasteiger partial charge is 0.496 e. The van der Waals surface area contributed by atoms with Crippen LogP contribution in [-0.2, 0) is 9.53 Å². The number of carbonyl (C=O) groups excluding carboxylic acids is 1. The lowest BCUT2D eigenvalue weighted by Gasteiger charge is -2.46. The minimum atomic E-state index is -0.435. The Morgan fingerprint density at radius 1 is 1.23 bits per heavy atom.